The Morgan fingerprint density at radius 3 is 2.53 bits per heavy atom. The van der Waals surface area contributed by atoms with E-state index in [0.717, 1.165) is 12.8 Å². The molecule has 0 aromatic rings. The molecule has 0 aliphatic heterocycles. The molecule has 6 heteroatoms. The van der Waals surface area contributed by atoms with Crippen LogP contribution in [0.1, 0.15) is 39.5 Å². The Kier molecular flexibility index (Phi) is 6.08. The van der Waals surface area contributed by atoms with E-state index in [9.17, 15) is 9.59 Å². The van der Waals surface area contributed by atoms with Gasteiger partial charge in [0, 0.05) is 32.2 Å². The van der Waals surface area contributed by atoms with Gasteiger partial charge in [-0.05, 0) is 33.1 Å². The summed E-state index contributed by atoms with van der Waals surface area (Å²) in [5.41, 5.74) is 0. The van der Waals surface area contributed by atoms with Crippen molar-refractivity contribution in [1.29, 1.82) is 0 Å². The van der Waals surface area contributed by atoms with Crippen LogP contribution in [-0.2, 0) is 9.53 Å². The van der Waals surface area contributed by atoms with Crippen LogP contribution in [0.4, 0.5) is 4.79 Å². The van der Waals surface area contributed by atoms with E-state index in [1.807, 2.05) is 13.8 Å². The van der Waals surface area contributed by atoms with Gasteiger partial charge in [0.05, 0.1) is 6.10 Å². The molecule has 0 bridgehead atoms. The number of carbonyl (C=O) groups is 2. The Labute approximate surface area is 114 Å². The number of aliphatic carboxylic acids is 1. The van der Waals surface area contributed by atoms with Gasteiger partial charge >= 0.3 is 12.0 Å². The minimum atomic E-state index is -0.828. The first-order valence-electron chi connectivity index (χ1n) is 6.75. The number of hydrogen-bond donors (Lipinski definition) is 2. The highest BCUT2D eigenvalue weighted by molar-refractivity contribution is 5.75. The van der Waals surface area contributed by atoms with Crippen molar-refractivity contribution < 1.29 is 19.4 Å². The minimum absolute atomic E-state index is 0.0621. The van der Waals surface area contributed by atoms with Crippen LogP contribution >= 0.6 is 0 Å². The second-order valence-corrected chi connectivity index (χ2v) is 5.26. The zero-order chi connectivity index (χ0) is 14.4. The Morgan fingerprint density at radius 2 is 2.05 bits per heavy atom. The maximum atomic E-state index is 12.1. The van der Waals surface area contributed by atoms with Crippen molar-refractivity contribution in [2.45, 2.75) is 57.7 Å². The third kappa shape index (κ3) is 5.06. The second kappa shape index (κ2) is 7.33. The monoisotopic (exact) mass is 272 g/mol. The molecule has 0 radical (unpaired) electrons. The first-order chi connectivity index (χ1) is 8.93. The van der Waals surface area contributed by atoms with Crippen LogP contribution in [0.5, 0.6) is 0 Å². The lowest BCUT2D eigenvalue weighted by Gasteiger charge is -2.37. The quantitative estimate of drug-likeness (QED) is 0.735. The van der Waals surface area contributed by atoms with E-state index in [1.165, 1.54) is 0 Å². The van der Waals surface area contributed by atoms with E-state index in [1.54, 1.807) is 12.0 Å². The first-order valence-corrected chi connectivity index (χ1v) is 6.75. The maximum Gasteiger partial charge on any atom is 0.317 e. The number of methoxy groups -OCH3 is 1. The van der Waals surface area contributed by atoms with Crippen LogP contribution in [0, 0.1) is 0 Å². The smallest absolute Gasteiger partial charge is 0.317 e. The number of amides is 2. The van der Waals surface area contributed by atoms with E-state index in [0.29, 0.717) is 13.0 Å². The van der Waals surface area contributed by atoms with Crippen LogP contribution in [0.25, 0.3) is 0 Å². The van der Waals surface area contributed by atoms with Gasteiger partial charge in [-0.15, -0.1) is 0 Å². The summed E-state index contributed by atoms with van der Waals surface area (Å²) in [7, 11) is 1.68. The summed E-state index contributed by atoms with van der Waals surface area (Å²) < 4.78 is 5.17. The fraction of sp³-hybridized carbons (Fsp3) is 0.846. The molecule has 0 unspecified atom stereocenters. The zero-order valence-electron chi connectivity index (χ0n) is 11.9. The van der Waals surface area contributed by atoms with Gasteiger partial charge in [-0.1, -0.05) is 0 Å². The zero-order valence-corrected chi connectivity index (χ0v) is 11.9. The minimum Gasteiger partial charge on any atom is -0.481 e. The summed E-state index contributed by atoms with van der Waals surface area (Å²) in [6, 6.07) is 0.130. The Bertz CT molecular complexity index is 314. The molecule has 1 fully saturated rings. The average molecular weight is 272 g/mol. The largest absolute Gasteiger partial charge is 0.481 e. The van der Waals surface area contributed by atoms with Gasteiger partial charge in [-0.2, -0.15) is 0 Å². The number of carboxylic acids is 1. The summed E-state index contributed by atoms with van der Waals surface area (Å²) in [6.45, 7) is 4.33. The number of nitrogens with one attached hydrogen (secondary N) is 1. The number of nitrogens with zero attached hydrogens (tertiary/aromatic N) is 1. The lowest BCUT2D eigenvalue weighted by molar-refractivity contribution is -0.137. The van der Waals surface area contributed by atoms with Crippen LogP contribution in [0.2, 0.25) is 0 Å². The predicted molar refractivity (Wildman–Crippen MR) is 71.1 cm³/mol. The summed E-state index contributed by atoms with van der Waals surface area (Å²) >= 11 is 0. The SMILES string of the molecule is COC1CC(NC(=O)N(CCCC(=O)O)C(C)C)C1. The average Bonchev–Trinajstić information content (AvgIpc) is 2.27. The normalized spacial score (nSPS) is 21.9. The molecule has 1 aliphatic rings. The molecule has 110 valence electrons. The molecule has 0 spiro atoms. The molecular formula is C13H24N2O4. The Morgan fingerprint density at radius 1 is 1.42 bits per heavy atom. The molecular weight excluding hydrogens is 248 g/mol. The van der Waals surface area contributed by atoms with Crippen molar-refractivity contribution in [3.8, 4) is 0 Å². The van der Waals surface area contributed by atoms with Gasteiger partial charge in [-0.3, -0.25) is 4.79 Å². The molecule has 0 aromatic carbocycles. The first kappa shape index (κ1) is 15.8. The summed E-state index contributed by atoms with van der Waals surface area (Å²) in [5.74, 6) is -0.828. The van der Waals surface area contributed by atoms with E-state index in [-0.39, 0.29) is 30.6 Å². The van der Waals surface area contributed by atoms with Crippen molar-refractivity contribution in [2.75, 3.05) is 13.7 Å². The summed E-state index contributed by atoms with van der Waals surface area (Å²) in [5, 5.41) is 11.6. The molecule has 2 N–H and O–H groups in total. The van der Waals surface area contributed by atoms with Crippen molar-refractivity contribution in [3.63, 3.8) is 0 Å². The van der Waals surface area contributed by atoms with E-state index >= 15 is 0 Å². The standard InChI is InChI=1S/C13H24N2O4/c1-9(2)15(6-4-5-12(16)17)13(18)14-10-7-11(8-10)19-3/h9-11H,4-8H2,1-3H3,(H,14,18)(H,16,17). The van der Waals surface area contributed by atoms with Crippen LogP contribution in [-0.4, -0.2) is 53.8 Å². The van der Waals surface area contributed by atoms with Crippen LogP contribution < -0.4 is 5.32 Å². The molecule has 1 saturated carbocycles. The van der Waals surface area contributed by atoms with Gasteiger partial charge in [-0.25, -0.2) is 4.79 Å². The number of ether oxygens (including phenoxy) is 1. The van der Waals surface area contributed by atoms with Crippen molar-refractivity contribution in [1.82, 2.24) is 10.2 Å². The molecule has 6 nitrogen and oxygen atoms in total. The number of carboxylic acid groups (broad SMARTS) is 1. The highest BCUT2D eigenvalue weighted by Gasteiger charge is 2.31. The fourth-order valence-electron chi connectivity index (χ4n) is 2.13. The third-order valence-corrected chi connectivity index (χ3v) is 3.43. The van der Waals surface area contributed by atoms with E-state index in [2.05, 4.69) is 5.32 Å². The molecule has 19 heavy (non-hydrogen) atoms. The molecule has 0 aromatic heterocycles. The lowest BCUT2D eigenvalue weighted by atomic mass is 9.89. The summed E-state index contributed by atoms with van der Waals surface area (Å²) in [4.78, 5) is 24.3. The highest BCUT2D eigenvalue weighted by Crippen LogP contribution is 2.22. The molecule has 2 amide bonds. The van der Waals surface area contributed by atoms with Gasteiger partial charge in [0.2, 0.25) is 0 Å². The number of urea groups is 1. The van der Waals surface area contributed by atoms with Gasteiger partial charge < -0.3 is 20.1 Å². The predicted octanol–water partition coefficient (Wildman–Crippen LogP) is 1.45. The number of hydrogen-bond acceptors (Lipinski definition) is 3. The van der Waals surface area contributed by atoms with Gasteiger partial charge in [0.15, 0.2) is 0 Å². The van der Waals surface area contributed by atoms with Gasteiger partial charge in [0.25, 0.3) is 0 Å². The molecule has 0 atom stereocenters. The maximum absolute atomic E-state index is 12.1. The molecule has 0 heterocycles. The van der Waals surface area contributed by atoms with Crippen molar-refractivity contribution >= 4 is 12.0 Å². The number of rotatable bonds is 7. The lowest BCUT2D eigenvalue weighted by Crippen LogP contribution is -2.53. The Balaban J connectivity index is 2.34. The fourth-order valence-corrected chi connectivity index (χ4v) is 2.13. The van der Waals surface area contributed by atoms with Crippen LogP contribution in [0.3, 0.4) is 0 Å². The number of carbonyl (C=O) groups excluding carboxylic acids is 1. The van der Waals surface area contributed by atoms with Crippen molar-refractivity contribution in [3.05, 3.63) is 0 Å². The van der Waals surface area contributed by atoms with Crippen molar-refractivity contribution in [2.24, 2.45) is 0 Å². The topological polar surface area (TPSA) is 78.9 Å². The van der Waals surface area contributed by atoms with Gasteiger partial charge in [0.1, 0.15) is 0 Å². The van der Waals surface area contributed by atoms with Crippen LogP contribution in [0.15, 0.2) is 0 Å². The molecule has 1 rings (SSSR count). The molecule has 1 aliphatic carbocycles. The second-order valence-electron chi connectivity index (χ2n) is 5.26. The molecule has 0 saturated heterocycles. The summed E-state index contributed by atoms with van der Waals surface area (Å²) in [6.07, 6.45) is 2.52. The van der Waals surface area contributed by atoms with E-state index < -0.39 is 5.97 Å². The Hall–Kier alpha value is -1.30. The van der Waals surface area contributed by atoms with E-state index in [4.69, 9.17) is 9.84 Å². The highest BCUT2D eigenvalue weighted by atomic mass is 16.5. The third-order valence-electron chi connectivity index (χ3n) is 3.43.